The molecule has 1 aromatic rings. The quantitative estimate of drug-likeness (QED) is 0.388. The Balaban J connectivity index is 2.38. The maximum Gasteiger partial charge on any atom is 0.221 e. The number of nitrogens with one attached hydrogen (secondary N) is 3. The van der Waals surface area contributed by atoms with Crippen molar-refractivity contribution in [3.05, 3.63) is 29.8 Å². The number of hydrogen-bond acceptors (Lipinski definition) is 3. The van der Waals surface area contributed by atoms with Gasteiger partial charge in [0.15, 0.2) is 5.96 Å². The first-order valence-corrected chi connectivity index (χ1v) is 7.54. The topological polar surface area (TPSA) is 74.8 Å². The third kappa shape index (κ3) is 7.64. The molecule has 3 N–H and O–H groups in total. The van der Waals surface area contributed by atoms with E-state index in [9.17, 15) is 4.79 Å². The van der Waals surface area contributed by atoms with Crippen LogP contribution in [0.5, 0.6) is 0 Å². The molecule has 1 amide bonds. The molecule has 0 unspecified atom stereocenters. The number of nitrogens with zero attached hydrogens (tertiary/aromatic N) is 1. The minimum absolute atomic E-state index is 0.0723. The van der Waals surface area contributed by atoms with E-state index in [0.717, 1.165) is 43.4 Å². The summed E-state index contributed by atoms with van der Waals surface area (Å²) in [6.07, 6.45) is 0.937. The summed E-state index contributed by atoms with van der Waals surface area (Å²) in [5.41, 5.74) is 1.87. The van der Waals surface area contributed by atoms with Crippen molar-refractivity contribution in [3.8, 4) is 0 Å². The van der Waals surface area contributed by atoms with Crippen molar-refractivity contribution in [2.45, 2.75) is 26.8 Å². The smallest absolute Gasteiger partial charge is 0.221 e. The molecule has 0 saturated carbocycles. The number of guanidine groups is 1. The lowest BCUT2D eigenvalue weighted by atomic mass is 10.2. The van der Waals surface area contributed by atoms with Crippen molar-refractivity contribution in [1.29, 1.82) is 0 Å². The van der Waals surface area contributed by atoms with Crippen LogP contribution in [0.4, 0.5) is 5.69 Å². The van der Waals surface area contributed by atoms with Gasteiger partial charge >= 0.3 is 0 Å². The van der Waals surface area contributed by atoms with Crippen molar-refractivity contribution in [2.75, 3.05) is 32.1 Å². The van der Waals surface area contributed by atoms with Gasteiger partial charge in [-0.15, -0.1) is 0 Å². The summed E-state index contributed by atoms with van der Waals surface area (Å²) >= 11 is 0. The van der Waals surface area contributed by atoms with Crippen molar-refractivity contribution < 1.29 is 9.53 Å². The fourth-order valence-electron chi connectivity index (χ4n) is 1.89. The average molecular weight is 306 g/mol. The molecule has 0 aliphatic rings. The molecule has 0 radical (unpaired) electrons. The molecule has 0 aliphatic heterocycles. The van der Waals surface area contributed by atoms with E-state index in [-0.39, 0.29) is 5.91 Å². The Kier molecular flexibility index (Phi) is 8.67. The Morgan fingerprint density at radius 1 is 1.32 bits per heavy atom. The fraction of sp³-hybridized carbons (Fsp3) is 0.500. The van der Waals surface area contributed by atoms with Gasteiger partial charge in [-0.05, 0) is 31.0 Å². The molecule has 1 rings (SSSR count). The van der Waals surface area contributed by atoms with Crippen LogP contribution < -0.4 is 16.0 Å². The van der Waals surface area contributed by atoms with E-state index >= 15 is 0 Å². The molecule has 6 nitrogen and oxygen atoms in total. The largest absolute Gasteiger partial charge is 0.382 e. The van der Waals surface area contributed by atoms with Crippen molar-refractivity contribution >= 4 is 17.6 Å². The van der Waals surface area contributed by atoms with Gasteiger partial charge in [0.1, 0.15) is 0 Å². The molecular weight excluding hydrogens is 280 g/mol. The minimum atomic E-state index is -0.0723. The van der Waals surface area contributed by atoms with E-state index < -0.39 is 0 Å². The maximum absolute atomic E-state index is 11.1. The van der Waals surface area contributed by atoms with Crippen LogP contribution >= 0.6 is 0 Å². The first kappa shape index (κ1) is 18.0. The lowest BCUT2D eigenvalue weighted by Gasteiger charge is -2.12. The van der Waals surface area contributed by atoms with Crippen LogP contribution in [-0.4, -0.2) is 38.7 Å². The highest BCUT2D eigenvalue weighted by atomic mass is 16.5. The molecule has 0 fully saturated rings. The second-order valence-corrected chi connectivity index (χ2v) is 4.78. The zero-order valence-corrected chi connectivity index (χ0v) is 13.6. The SMILES string of the molecule is CCOCCCNC(=NC)NCc1cccc(NC(C)=O)c1. The number of aliphatic imine (C=N–C) groups is 1. The van der Waals surface area contributed by atoms with Crippen LogP contribution in [0.3, 0.4) is 0 Å². The van der Waals surface area contributed by atoms with Crippen molar-refractivity contribution in [3.63, 3.8) is 0 Å². The molecule has 1 aromatic carbocycles. The third-order valence-corrected chi connectivity index (χ3v) is 2.89. The predicted octanol–water partition coefficient (Wildman–Crippen LogP) is 1.74. The number of carbonyl (C=O) groups excluding carboxylic acids is 1. The Morgan fingerprint density at radius 2 is 2.14 bits per heavy atom. The van der Waals surface area contributed by atoms with Gasteiger partial charge in [-0.1, -0.05) is 12.1 Å². The van der Waals surface area contributed by atoms with Crippen LogP contribution in [0.25, 0.3) is 0 Å². The maximum atomic E-state index is 11.1. The molecule has 0 bridgehead atoms. The first-order chi connectivity index (χ1) is 10.7. The van der Waals surface area contributed by atoms with E-state index in [1.165, 1.54) is 6.92 Å². The molecule has 122 valence electrons. The van der Waals surface area contributed by atoms with Crippen LogP contribution in [0, 0.1) is 0 Å². The van der Waals surface area contributed by atoms with Gasteiger partial charge in [0.05, 0.1) is 0 Å². The first-order valence-electron chi connectivity index (χ1n) is 7.54. The Hall–Kier alpha value is -2.08. The standard InChI is InChI=1S/C16H26N4O2/c1-4-22-10-6-9-18-16(17-3)19-12-14-7-5-8-15(11-14)20-13(2)21/h5,7-8,11H,4,6,9-10,12H2,1-3H3,(H,20,21)(H2,17,18,19). The zero-order chi connectivity index (χ0) is 16.2. The molecule has 0 atom stereocenters. The van der Waals surface area contributed by atoms with Gasteiger partial charge in [-0.3, -0.25) is 9.79 Å². The summed E-state index contributed by atoms with van der Waals surface area (Å²) in [4.78, 5) is 15.2. The normalized spacial score (nSPS) is 11.1. The molecule has 0 spiro atoms. The predicted molar refractivity (Wildman–Crippen MR) is 90.1 cm³/mol. The number of ether oxygens (including phenoxy) is 1. The van der Waals surface area contributed by atoms with Gasteiger partial charge in [0.2, 0.25) is 5.91 Å². The van der Waals surface area contributed by atoms with Crippen molar-refractivity contribution in [1.82, 2.24) is 10.6 Å². The summed E-state index contributed by atoms with van der Waals surface area (Å²) in [5.74, 6) is 0.679. The number of anilines is 1. The van der Waals surface area contributed by atoms with Gasteiger partial charge in [0, 0.05) is 46.0 Å². The van der Waals surface area contributed by atoms with Gasteiger partial charge < -0.3 is 20.7 Å². The Morgan fingerprint density at radius 3 is 2.82 bits per heavy atom. The highest BCUT2D eigenvalue weighted by molar-refractivity contribution is 5.88. The van der Waals surface area contributed by atoms with Crippen molar-refractivity contribution in [2.24, 2.45) is 4.99 Å². The molecule has 0 aliphatic carbocycles. The van der Waals surface area contributed by atoms with Crippen LogP contribution in [0.1, 0.15) is 25.8 Å². The van der Waals surface area contributed by atoms with Crippen LogP contribution in [0.2, 0.25) is 0 Å². The number of hydrogen-bond donors (Lipinski definition) is 3. The summed E-state index contributed by atoms with van der Waals surface area (Å²) < 4.78 is 5.29. The monoisotopic (exact) mass is 306 g/mol. The second kappa shape index (κ2) is 10.6. The summed E-state index contributed by atoms with van der Waals surface area (Å²) in [6, 6.07) is 7.73. The number of amides is 1. The van der Waals surface area contributed by atoms with E-state index in [1.807, 2.05) is 31.2 Å². The molecule has 6 heteroatoms. The van der Waals surface area contributed by atoms with Crippen LogP contribution in [-0.2, 0) is 16.1 Å². The number of carbonyl (C=O) groups is 1. The molecule has 0 heterocycles. The van der Waals surface area contributed by atoms with E-state index in [0.29, 0.717) is 6.54 Å². The van der Waals surface area contributed by atoms with Gasteiger partial charge in [-0.2, -0.15) is 0 Å². The number of rotatable bonds is 8. The summed E-state index contributed by atoms with van der Waals surface area (Å²) in [6.45, 7) is 6.43. The van der Waals surface area contributed by atoms with Crippen LogP contribution in [0.15, 0.2) is 29.3 Å². The lowest BCUT2D eigenvalue weighted by Crippen LogP contribution is -2.37. The average Bonchev–Trinajstić information content (AvgIpc) is 2.50. The molecule has 0 aromatic heterocycles. The zero-order valence-electron chi connectivity index (χ0n) is 13.6. The van der Waals surface area contributed by atoms with Gasteiger partial charge in [-0.25, -0.2) is 0 Å². The minimum Gasteiger partial charge on any atom is -0.382 e. The lowest BCUT2D eigenvalue weighted by molar-refractivity contribution is -0.114. The Bertz CT molecular complexity index is 489. The van der Waals surface area contributed by atoms with E-state index in [1.54, 1.807) is 7.05 Å². The van der Waals surface area contributed by atoms with E-state index in [4.69, 9.17) is 4.74 Å². The highest BCUT2D eigenvalue weighted by Gasteiger charge is 2.00. The molecule has 0 saturated heterocycles. The summed E-state index contributed by atoms with van der Waals surface area (Å²) in [7, 11) is 1.74. The highest BCUT2D eigenvalue weighted by Crippen LogP contribution is 2.10. The van der Waals surface area contributed by atoms with E-state index in [2.05, 4.69) is 20.9 Å². The second-order valence-electron chi connectivity index (χ2n) is 4.78. The Labute approximate surface area is 132 Å². The third-order valence-electron chi connectivity index (χ3n) is 2.89. The number of benzene rings is 1. The molecule has 22 heavy (non-hydrogen) atoms. The summed E-state index contributed by atoms with van der Waals surface area (Å²) in [5, 5.41) is 9.25. The molecular formula is C16H26N4O2. The van der Waals surface area contributed by atoms with Gasteiger partial charge in [0.25, 0.3) is 0 Å². The fourth-order valence-corrected chi connectivity index (χ4v) is 1.89.